The molecular formula is C26H28N4O5. The van der Waals surface area contributed by atoms with E-state index in [2.05, 4.69) is 29.3 Å². The minimum atomic E-state index is -0.933. The monoisotopic (exact) mass is 476 g/mol. The van der Waals surface area contributed by atoms with Crippen LogP contribution in [0.15, 0.2) is 40.4 Å². The van der Waals surface area contributed by atoms with Gasteiger partial charge in [0.2, 0.25) is 0 Å². The molecule has 1 atom stereocenters. The molecule has 1 fully saturated rings. The zero-order chi connectivity index (χ0) is 25.6. The van der Waals surface area contributed by atoms with Gasteiger partial charge < -0.3 is 19.9 Å². The summed E-state index contributed by atoms with van der Waals surface area (Å²) in [6, 6.07) is 8.18. The Kier molecular flexibility index (Phi) is 6.10. The van der Waals surface area contributed by atoms with Crippen molar-refractivity contribution in [1.29, 1.82) is 0 Å². The van der Waals surface area contributed by atoms with Crippen LogP contribution in [0.4, 0.5) is 5.82 Å². The number of ketones is 1. The van der Waals surface area contributed by atoms with Crippen molar-refractivity contribution in [1.82, 2.24) is 15.5 Å². The Balaban J connectivity index is 1.96. The van der Waals surface area contributed by atoms with E-state index in [0.717, 1.165) is 5.56 Å². The van der Waals surface area contributed by atoms with Crippen LogP contribution in [0.2, 0.25) is 0 Å². The van der Waals surface area contributed by atoms with E-state index in [1.807, 2.05) is 24.3 Å². The number of amides is 2. The molecule has 3 N–H and O–H groups in total. The van der Waals surface area contributed by atoms with Crippen LogP contribution >= 0.6 is 0 Å². The van der Waals surface area contributed by atoms with Gasteiger partial charge in [0.05, 0.1) is 11.6 Å². The molecule has 3 heterocycles. The van der Waals surface area contributed by atoms with Gasteiger partial charge in [-0.05, 0) is 43.4 Å². The molecule has 1 saturated heterocycles. The molecule has 9 nitrogen and oxygen atoms in total. The number of aromatic amines is 1. The summed E-state index contributed by atoms with van der Waals surface area (Å²) in [6.07, 6.45) is 0. The van der Waals surface area contributed by atoms with Crippen molar-refractivity contribution in [2.75, 3.05) is 11.9 Å². The van der Waals surface area contributed by atoms with E-state index in [-0.39, 0.29) is 28.8 Å². The van der Waals surface area contributed by atoms with Gasteiger partial charge in [0, 0.05) is 24.4 Å². The first-order chi connectivity index (χ1) is 16.6. The Morgan fingerprint density at radius 2 is 1.83 bits per heavy atom. The Labute approximate surface area is 202 Å². The van der Waals surface area contributed by atoms with Gasteiger partial charge in [0.1, 0.15) is 17.2 Å². The first-order valence-electron chi connectivity index (χ1n) is 11.3. The maximum atomic E-state index is 13.3. The number of benzene rings is 1. The second-order valence-electron chi connectivity index (χ2n) is 8.99. The van der Waals surface area contributed by atoms with Gasteiger partial charge in [-0.15, -0.1) is 0 Å². The summed E-state index contributed by atoms with van der Waals surface area (Å²) < 4.78 is 5.17. The highest BCUT2D eigenvalue weighted by atomic mass is 16.5. The summed E-state index contributed by atoms with van der Waals surface area (Å²) in [5, 5.41) is 18.0. The quantitative estimate of drug-likeness (QED) is 0.290. The third-order valence-electron chi connectivity index (χ3n) is 6.35. The second kappa shape index (κ2) is 8.90. The van der Waals surface area contributed by atoms with Gasteiger partial charge in [-0.25, -0.2) is 0 Å². The molecule has 3 aromatic rings. The third kappa shape index (κ3) is 3.92. The number of carbonyl (C=O) groups excluding carboxylic acids is 3. The highest BCUT2D eigenvalue weighted by Crippen LogP contribution is 2.43. The first kappa shape index (κ1) is 24.0. The Morgan fingerprint density at radius 1 is 1.17 bits per heavy atom. The molecule has 1 aromatic carbocycles. The summed E-state index contributed by atoms with van der Waals surface area (Å²) in [5.74, 6) is -1.44. The lowest BCUT2D eigenvalue weighted by Gasteiger charge is -2.23. The molecule has 0 bridgehead atoms. The maximum Gasteiger partial charge on any atom is 0.301 e. The molecule has 2 amide bonds. The lowest BCUT2D eigenvalue weighted by molar-refractivity contribution is -0.132. The standard InChI is InChI=1S/C26H28N4O5/c1-12(2)16-7-9-17(10-8-16)22-20(24(32)26(34)30(22)18-11-13(3)35-29-18)23(31)19-14(4)21(25(33)27-6)28-15(19)5/h7-12,22,28,31H,1-6H3,(H,27,33)/b23-20+. The fourth-order valence-corrected chi connectivity index (χ4v) is 4.51. The zero-order valence-corrected chi connectivity index (χ0v) is 20.5. The summed E-state index contributed by atoms with van der Waals surface area (Å²) in [5.41, 5.74) is 3.19. The van der Waals surface area contributed by atoms with E-state index in [1.165, 1.54) is 11.9 Å². The molecule has 0 saturated carbocycles. The fourth-order valence-electron chi connectivity index (χ4n) is 4.51. The predicted molar refractivity (Wildman–Crippen MR) is 130 cm³/mol. The largest absolute Gasteiger partial charge is 0.507 e. The molecule has 0 spiro atoms. The molecule has 9 heteroatoms. The summed E-state index contributed by atoms with van der Waals surface area (Å²) >= 11 is 0. The highest BCUT2D eigenvalue weighted by Gasteiger charge is 2.48. The number of aryl methyl sites for hydroxylation is 2. The Hall–Kier alpha value is -4.14. The Bertz CT molecular complexity index is 1360. The van der Waals surface area contributed by atoms with Gasteiger partial charge in [-0.2, -0.15) is 0 Å². The molecular weight excluding hydrogens is 448 g/mol. The number of nitrogens with one attached hydrogen (secondary N) is 2. The average molecular weight is 477 g/mol. The summed E-state index contributed by atoms with van der Waals surface area (Å²) in [7, 11) is 1.50. The summed E-state index contributed by atoms with van der Waals surface area (Å²) in [6.45, 7) is 9.19. The lowest BCUT2D eigenvalue weighted by Crippen LogP contribution is -2.29. The van der Waals surface area contributed by atoms with Gasteiger partial charge in [0.25, 0.3) is 11.7 Å². The molecule has 1 unspecified atom stereocenters. The van der Waals surface area contributed by atoms with Crippen molar-refractivity contribution in [3.8, 4) is 0 Å². The third-order valence-corrected chi connectivity index (χ3v) is 6.35. The molecule has 0 radical (unpaired) electrons. The SMILES string of the molecule is CNC(=O)c1[nH]c(C)c(/C(O)=C2\C(=O)C(=O)N(c3cc(C)on3)C2c2ccc(C(C)C)cc2)c1C. The average Bonchev–Trinajstić information content (AvgIpc) is 3.46. The van der Waals surface area contributed by atoms with E-state index in [1.54, 1.807) is 26.8 Å². The van der Waals surface area contributed by atoms with Gasteiger partial charge in [0.15, 0.2) is 5.82 Å². The molecule has 0 aliphatic carbocycles. The minimum absolute atomic E-state index is 0.0818. The number of hydrogen-bond acceptors (Lipinski definition) is 6. The van der Waals surface area contributed by atoms with E-state index in [0.29, 0.717) is 34.1 Å². The van der Waals surface area contributed by atoms with Gasteiger partial charge in [-0.3, -0.25) is 19.3 Å². The van der Waals surface area contributed by atoms with Crippen molar-refractivity contribution in [3.05, 3.63) is 75.3 Å². The molecule has 1 aliphatic rings. The van der Waals surface area contributed by atoms with Crippen molar-refractivity contribution < 1.29 is 24.0 Å². The van der Waals surface area contributed by atoms with Crippen LogP contribution in [0, 0.1) is 20.8 Å². The topological polar surface area (TPSA) is 129 Å². The molecule has 182 valence electrons. The van der Waals surface area contributed by atoms with Crippen molar-refractivity contribution >= 4 is 29.2 Å². The maximum absolute atomic E-state index is 13.3. The number of H-pyrrole nitrogens is 1. The smallest absolute Gasteiger partial charge is 0.301 e. The van der Waals surface area contributed by atoms with Gasteiger partial charge in [-0.1, -0.05) is 43.3 Å². The minimum Gasteiger partial charge on any atom is -0.507 e. The number of aliphatic hydroxyl groups is 1. The van der Waals surface area contributed by atoms with E-state index < -0.39 is 17.7 Å². The van der Waals surface area contributed by atoms with Crippen LogP contribution in [0.1, 0.15) is 70.0 Å². The summed E-state index contributed by atoms with van der Waals surface area (Å²) in [4.78, 5) is 43.1. The number of anilines is 1. The van der Waals surface area contributed by atoms with Crippen molar-refractivity contribution in [2.45, 2.75) is 46.6 Å². The zero-order valence-electron chi connectivity index (χ0n) is 20.5. The predicted octanol–water partition coefficient (Wildman–Crippen LogP) is 4.04. The number of hydrogen-bond donors (Lipinski definition) is 3. The van der Waals surface area contributed by atoms with Crippen LogP contribution in [0.5, 0.6) is 0 Å². The second-order valence-corrected chi connectivity index (χ2v) is 8.99. The number of nitrogens with zero attached hydrogens (tertiary/aromatic N) is 2. The highest BCUT2D eigenvalue weighted by molar-refractivity contribution is 6.51. The fraction of sp³-hybridized carbons (Fsp3) is 0.308. The van der Waals surface area contributed by atoms with Crippen LogP contribution in [0.25, 0.3) is 5.76 Å². The van der Waals surface area contributed by atoms with Crippen LogP contribution in [0.3, 0.4) is 0 Å². The number of carbonyl (C=O) groups is 3. The van der Waals surface area contributed by atoms with Crippen LogP contribution < -0.4 is 10.2 Å². The van der Waals surface area contributed by atoms with Crippen molar-refractivity contribution in [3.63, 3.8) is 0 Å². The van der Waals surface area contributed by atoms with Crippen LogP contribution in [-0.2, 0) is 9.59 Å². The number of Topliss-reactive ketones (excluding diaryl/α,β-unsaturated/α-hetero) is 1. The van der Waals surface area contributed by atoms with Crippen LogP contribution in [-0.4, -0.2) is 39.9 Å². The van der Waals surface area contributed by atoms with E-state index >= 15 is 0 Å². The number of aliphatic hydroxyl groups excluding tert-OH is 1. The molecule has 35 heavy (non-hydrogen) atoms. The number of aromatic nitrogens is 2. The van der Waals surface area contributed by atoms with E-state index in [9.17, 15) is 19.5 Å². The van der Waals surface area contributed by atoms with Gasteiger partial charge >= 0.3 is 5.91 Å². The molecule has 4 rings (SSSR count). The number of rotatable bonds is 5. The van der Waals surface area contributed by atoms with Crippen molar-refractivity contribution in [2.24, 2.45) is 0 Å². The van der Waals surface area contributed by atoms with E-state index in [4.69, 9.17) is 4.52 Å². The first-order valence-corrected chi connectivity index (χ1v) is 11.3. The normalized spacial score (nSPS) is 17.5. The molecule has 2 aromatic heterocycles. The molecule has 1 aliphatic heterocycles. The lowest BCUT2D eigenvalue weighted by atomic mass is 9.92. The Morgan fingerprint density at radius 3 is 2.37 bits per heavy atom.